The molecule has 1 unspecified atom stereocenters. The summed E-state index contributed by atoms with van der Waals surface area (Å²) >= 11 is 0. The number of rotatable bonds is 7. The fourth-order valence-electron chi connectivity index (χ4n) is 3.20. The van der Waals surface area contributed by atoms with Gasteiger partial charge in [-0.15, -0.1) is 0 Å². The predicted molar refractivity (Wildman–Crippen MR) is 94.5 cm³/mol. The Morgan fingerprint density at radius 2 is 2.21 bits per heavy atom. The first-order valence-corrected chi connectivity index (χ1v) is 8.71. The highest BCUT2D eigenvalue weighted by Crippen LogP contribution is 2.15. The van der Waals surface area contributed by atoms with E-state index in [0.29, 0.717) is 18.9 Å². The Morgan fingerprint density at radius 3 is 2.96 bits per heavy atom. The van der Waals surface area contributed by atoms with Gasteiger partial charge in [0.25, 0.3) is 0 Å². The SMILES string of the molecule is CN(Cc1nccn1Cc1ccccc1)C(=O)CCC1CCNC1. The second-order valence-corrected chi connectivity index (χ2v) is 6.60. The van der Waals surface area contributed by atoms with Gasteiger partial charge in [-0.05, 0) is 37.4 Å². The summed E-state index contributed by atoms with van der Waals surface area (Å²) in [6, 6.07) is 10.3. The Morgan fingerprint density at radius 1 is 1.38 bits per heavy atom. The summed E-state index contributed by atoms with van der Waals surface area (Å²) in [5.41, 5.74) is 1.24. The number of aromatic nitrogens is 2. The van der Waals surface area contributed by atoms with Gasteiger partial charge in [0.05, 0.1) is 6.54 Å². The zero-order chi connectivity index (χ0) is 16.8. The number of nitrogens with one attached hydrogen (secondary N) is 1. The molecule has 1 saturated heterocycles. The molecule has 2 aromatic rings. The highest BCUT2D eigenvalue weighted by molar-refractivity contribution is 5.75. The lowest BCUT2D eigenvalue weighted by Gasteiger charge is -2.19. The van der Waals surface area contributed by atoms with Gasteiger partial charge in [-0.3, -0.25) is 4.79 Å². The van der Waals surface area contributed by atoms with E-state index in [2.05, 4.69) is 27.0 Å². The molecule has 2 heterocycles. The van der Waals surface area contributed by atoms with Crippen molar-refractivity contribution in [3.8, 4) is 0 Å². The quantitative estimate of drug-likeness (QED) is 0.849. The minimum Gasteiger partial charge on any atom is -0.338 e. The lowest BCUT2D eigenvalue weighted by Crippen LogP contribution is -2.28. The summed E-state index contributed by atoms with van der Waals surface area (Å²) in [7, 11) is 1.87. The lowest BCUT2D eigenvalue weighted by atomic mass is 10.0. The first-order valence-electron chi connectivity index (χ1n) is 8.71. The molecule has 0 saturated carbocycles. The zero-order valence-corrected chi connectivity index (χ0v) is 14.3. The summed E-state index contributed by atoms with van der Waals surface area (Å²) in [5, 5.41) is 3.35. The molecule has 3 rings (SSSR count). The fourth-order valence-corrected chi connectivity index (χ4v) is 3.20. The molecule has 5 nitrogen and oxygen atoms in total. The van der Waals surface area contributed by atoms with E-state index >= 15 is 0 Å². The molecular weight excluding hydrogens is 300 g/mol. The molecule has 0 aliphatic carbocycles. The summed E-state index contributed by atoms with van der Waals surface area (Å²) in [5.74, 6) is 1.79. The van der Waals surface area contributed by atoms with Gasteiger partial charge in [-0.25, -0.2) is 4.98 Å². The fraction of sp³-hybridized carbons (Fsp3) is 0.474. The third-order valence-electron chi connectivity index (χ3n) is 4.73. The van der Waals surface area contributed by atoms with Crippen LogP contribution in [0.3, 0.4) is 0 Å². The van der Waals surface area contributed by atoms with E-state index in [0.717, 1.165) is 31.9 Å². The number of hydrogen-bond donors (Lipinski definition) is 1. The van der Waals surface area contributed by atoms with E-state index in [9.17, 15) is 4.79 Å². The Hall–Kier alpha value is -2.14. The summed E-state index contributed by atoms with van der Waals surface area (Å²) in [6.45, 7) is 3.48. The molecule has 1 N–H and O–H groups in total. The van der Waals surface area contributed by atoms with Crippen molar-refractivity contribution in [2.45, 2.75) is 32.4 Å². The van der Waals surface area contributed by atoms with Gasteiger partial charge < -0.3 is 14.8 Å². The maximum absolute atomic E-state index is 12.4. The molecule has 5 heteroatoms. The van der Waals surface area contributed by atoms with E-state index in [1.807, 2.05) is 31.4 Å². The molecule has 1 aromatic carbocycles. The predicted octanol–water partition coefficient (Wildman–Crippen LogP) is 2.28. The normalized spacial score (nSPS) is 17.1. The van der Waals surface area contributed by atoms with E-state index in [1.54, 1.807) is 11.1 Å². The highest BCUT2D eigenvalue weighted by Gasteiger charge is 2.18. The van der Waals surface area contributed by atoms with Gasteiger partial charge >= 0.3 is 0 Å². The van der Waals surface area contributed by atoms with Gasteiger partial charge in [0.1, 0.15) is 5.82 Å². The van der Waals surface area contributed by atoms with E-state index in [1.165, 1.54) is 12.0 Å². The lowest BCUT2D eigenvalue weighted by molar-refractivity contribution is -0.130. The van der Waals surface area contributed by atoms with Crippen LogP contribution in [0.1, 0.15) is 30.7 Å². The molecule has 1 atom stereocenters. The Kier molecular flexibility index (Phi) is 5.64. The molecule has 1 fully saturated rings. The number of amides is 1. The van der Waals surface area contributed by atoms with Gasteiger partial charge in [0.2, 0.25) is 5.91 Å². The number of nitrogens with zero attached hydrogens (tertiary/aromatic N) is 3. The maximum Gasteiger partial charge on any atom is 0.222 e. The second-order valence-electron chi connectivity index (χ2n) is 6.60. The van der Waals surface area contributed by atoms with Gasteiger partial charge in [0.15, 0.2) is 0 Å². The van der Waals surface area contributed by atoms with E-state index in [-0.39, 0.29) is 5.91 Å². The van der Waals surface area contributed by atoms with Crippen molar-refractivity contribution in [1.29, 1.82) is 0 Å². The molecule has 128 valence electrons. The highest BCUT2D eigenvalue weighted by atomic mass is 16.2. The molecule has 0 bridgehead atoms. The van der Waals surface area contributed by atoms with Gasteiger partial charge in [-0.1, -0.05) is 30.3 Å². The van der Waals surface area contributed by atoms with Crippen LogP contribution in [-0.2, 0) is 17.9 Å². The van der Waals surface area contributed by atoms with Gasteiger partial charge in [0, 0.05) is 32.4 Å². The first-order chi connectivity index (χ1) is 11.7. The molecule has 0 radical (unpaired) electrons. The number of carbonyl (C=O) groups excluding carboxylic acids is 1. The molecule has 0 spiro atoms. The second kappa shape index (κ2) is 8.11. The van der Waals surface area contributed by atoms with Crippen molar-refractivity contribution in [3.05, 3.63) is 54.1 Å². The molecule has 1 aliphatic heterocycles. The molecule has 24 heavy (non-hydrogen) atoms. The van der Waals surface area contributed by atoms with Crippen molar-refractivity contribution in [1.82, 2.24) is 19.8 Å². The average Bonchev–Trinajstić information content (AvgIpc) is 3.26. The van der Waals surface area contributed by atoms with Crippen molar-refractivity contribution in [3.63, 3.8) is 0 Å². The third kappa shape index (κ3) is 4.45. The van der Waals surface area contributed by atoms with Crippen LogP contribution in [0.15, 0.2) is 42.7 Å². The monoisotopic (exact) mass is 326 g/mol. The number of carbonyl (C=O) groups is 1. The van der Waals surface area contributed by atoms with Crippen LogP contribution in [-0.4, -0.2) is 40.5 Å². The van der Waals surface area contributed by atoms with Crippen LogP contribution in [0.2, 0.25) is 0 Å². The van der Waals surface area contributed by atoms with Crippen molar-refractivity contribution >= 4 is 5.91 Å². The topological polar surface area (TPSA) is 50.2 Å². The Balaban J connectivity index is 1.53. The minimum absolute atomic E-state index is 0.205. The van der Waals surface area contributed by atoms with Crippen molar-refractivity contribution in [2.75, 3.05) is 20.1 Å². The molecular formula is C19H26N4O. The van der Waals surface area contributed by atoms with Gasteiger partial charge in [-0.2, -0.15) is 0 Å². The summed E-state index contributed by atoms with van der Waals surface area (Å²) in [6.07, 6.45) is 6.58. The average molecular weight is 326 g/mol. The first kappa shape index (κ1) is 16.7. The maximum atomic E-state index is 12.4. The smallest absolute Gasteiger partial charge is 0.222 e. The number of imidazole rings is 1. The Labute approximate surface area is 143 Å². The van der Waals surface area contributed by atoms with Crippen LogP contribution >= 0.6 is 0 Å². The number of benzene rings is 1. The largest absolute Gasteiger partial charge is 0.338 e. The molecule has 1 aliphatic rings. The van der Waals surface area contributed by atoms with E-state index in [4.69, 9.17) is 0 Å². The van der Waals surface area contributed by atoms with Crippen LogP contribution in [0.25, 0.3) is 0 Å². The van der Waals surface area contributed by atoms with Crippen LogP contribution < -0.4 is 5.32 Å². The minimum atomic E-state index is 0.205. The third-order valence-corrected chi connectivity index (χ3v) is 4.73. The standard InChI is InChI=1S/C19H26N4O/c1-22(19(24)8-7-16-9-10-20-13-16)15-18-21-11-12-23(18)14-17-5-3-2-4-6-17/h2-6,11-12,16,20H,7-10,13-15H2,1H3. The van der Waals surface area contributed by atoms with Crippen LogP contribution in [0.4, 0.5) is 0 Å². The molecule has 1 aromatic heterocycles. The van der Waals surface area contributed by atoms with E-state index < -0.39 is 0 Å². The number of hydrogen-bond acceptors (Lipinski definition) is 3. The van der Waals surface area contributed by atoms with Crippen LogP contribution in [0, 0.1) is 5.92 Å². The molecule has 1 amide bonds. The summed E-state index contributed by atoms with van der Waals surface area (Å²) < 4.78 is 2.11. The summed E-state index contributed by atoms with van der Waals surface area (Å²) in [4.78, 5) is 18.6. The van der Waals surface area contributed by atoms with Crippen LogP contribution in [0.5, 0.6) is 0 Å². The van der Waals surface area contributed by atoms with Crippen molar-refractivity contribution in [2.24, 2.45) is 5.92 Å². The zero-order valence-electron chi connectivity index (χ0n) is 14.3. The Bertz CT molecular complexity index is 646. The van der Waals surface area contributed by atoms with Crippen molar-refractivity contribution < 1.29 is 4.79 Å².